The Hall–Kier alpha value is -4.13. The van der Waals surface area contributed by atoms with Crippen molar-refractivity contribution in [2.24, 2.45) is 7.05 Å². The first-order valence-corrected chi connectivity index (χ1v) is 9.73. The molecule has 154 valence electrons. The summed E-state index contributed by atoms with van der Waals surface area (Å²) in [5.74, 6) is 0.601. The Labute approximate surface area is 177 Å². The molecule has 7 nitrogen and oxygen atoms in total. The van der Waals surface area contributed by atoms with Crippen molar-refractivity contribution in [3.8, 4) is 22.8 Å². The SMILES string of the molecule is COc1cc([N+](=O)[O-])ccc1-c1nccc2c(C)c3c(cc12)c1cc(O)ccc1n3C. The van der Waals surface area contributed by atoms with Gasteiger partial charge in [0.25, 0.3) is 5.69 Å². The van der Waals surface area contributed by atoms with Crippen LogP contribution in [0.3, 0.4) is 0 Å². The molecule has 0 saturated heterocycles. The van der Waals surface area contributed by atoms with Crippen LogP contribution in [0.15, 0.2) is 54.7 Å². The van der Waals surface area contributed by atoms with E-state index in [1.165, 1.54) is 19.2 Å². The Bertz CT molecular complexity index is 1540. The number of hydrogen-bond acceptors (Lipinski definition) is 5. The Balaban J connectivity index is 1.90. The monoisotopic (exact) mass is 413 g/mol. The maximum Gasteiger partial charge on any atom is 0.273 e. The van der Waals surface area contributed by atoms with Gasteiger partial charge < -0.3 is 14.4 Å². The predicted octanol–water partition coefficient (Wildman–Crippen LogP) is 5.48. The number of pyridine rings is 1. The van der Waals surface area contributed by atoms with Crippen LogP contribution in [0.2, 0.25) is 0 Å². The third-order valence-corrected chi connectivity index (χ3v) is 5.91. The number of aromatic hydroxyl groups is 1. The summed E-state index contributed by atoms with van der Waals surface area (Å²) in [7, 11) is 3.51. The maximum absolute atomic E-state index is 11.2. The molecule has 0 aliphatic rings. The van der Waals surface area contributed by atoms with E-state index in [9.17, 15) is 15.2 Å². The molecule has 31 heavy (non-hydrogen) atoms. The molecule has 3 aromatic carbocycles. The van der Waals surface area contributed by atoms with Gasteiger partial charge in [0.15, 0.2) is 0 Å². The van der Waals surface area contributed by atoms with Crippen molar-refractivity contribution >= 4 is 38.3 Å². The van der Waals surface area contributed by atoms with Crippen LogP contribution < -0.4 is 4.74 Å². The van der Waals surface area contributed by atoms with Gasteiger partial charge >= 0.3 is 0 Å². The lowest BCUT2D eigenvalue weighted by Crippen LogP contribution is -1.96. The van der Waals surface area contributed by atoms with E-state index in [0.717, 1.165) is 38.1 Å². The van der Waals surface area contributed by atoms with E-state index >= 15 is 0 Å². The molecular weight excluding hydrogens is 394 g/mol. The van der Waals surface area contributed by atoms with Crippen LogP contribution in [0.25, 0.3) is 43.8 Å². The van der Waals surface area contributed by atoms with Gasteiger partial charge in [0.05, 0.1) is 29.3 Å². The molecule has 5 rings (SSSR count). The summed E-state index contributed by atoms with van der Waals surface area (Å²) in [5, 5.41) is 25.2. The van der Waals surface area contributed by atoms with Crippen LogP contribution in [0, 0.1) is 17.0 Å². The highest BCUT2D eigenvalue weighted by Crippen LogP contribution is 2.41. The number of non-ortho nitro benzene ring substituents is 1. The van der Waals surface area contributed by atoms with Gasteiger partial charge in [0.2, 0.25) is 0 Å². The lowest BCUT2D eigenvalue weighted by Gasteiger charge is -2.13. The van der Waals surface area contributed by atoms with Gasteiger partial charge in [0, 0.05) is 46.5 Å². The fourth-order valence-corrected chi connectivity index (χ4v) is 4.48. The number of hydrogen-bond donors (Lipinski definition) is 1. The molecule has 2 aromatic heterocycles. The zero-order valence-corrected chi connectivity index (χ0v) is 17.2. The lowest BCUT2D eigenvalue weighted by atomic mass is 9.97. The molecule has 2 heterocycles. The van der Waals surface area contributed by atoms with Crippen LogP contribution in [0.4, 0.5) is 5.69 Å². The van der Waals surface area contributed by atoms with E-state index < -0.39 is 4.92 Å². The fourth-order valence-electron chi connectivity index (χ4n) is 4.48. The van der Waals surface area contributed by atoms with E-state index in [4.69, 9.17) is 4.74 Å². The van der Waals surface area contributed by atoms with E-state index in [1.807, 2.05) is 19.2 Å². The number of fused-ring (bicyclic) bond motifs is 4. The van der Waals surface area contributed by atoms with Crippen molar-refractivity contribution in [1.29, 1.82) is 0 Å². The average Bonchev–Trinajstić information content (AvgIpc) is 3.04. The molecule has 0 unspecified atom stereocenters. The van der Waals surface area contributed by atoms with Gasteiger partial charge in [-0.15, -0.1) is 0 Å². The second-order valence-corrected chi connectivity index (χ2v) is 7.55. The summed E-state index contributed by atoms with van der Waals surface area (Å²) in [6.45, 7) is 2.07. The minimum Gasteiger partial charge on any atom is -0.508 e. The van der Waals surface area contributed by atoms with Crippen LogP contribution in [0.1, 0.15) is 5.56 Å². The van der Waals surface area contributed by atoms with E-state index in [2.05, 4.69) is 22.5 Å². The van der Waals surface area contributed by atoms with Gasteiger partial charge in [-0.05, 0) is 54.3 Å². The second-order valence-electron chi connectivity index (χ2n) is 7.55. The largest absolute Gasteiger partial charge is 0.508 e. The quantitative estimate of drug-likeness (QED) is 0.312. The number of phenolic OH excluding ortho intramolecular Hbond substituents is 1. The second kappa shape index (κ2) is 6.70. The minimum atomic E-state index is -0.445. The van der Waals surface area contributed by atoms with Crippen LogP contribution >= 0.6 is 0 Å². The smallest absolute Gasteiger partial charge is 0.273 e. The summed E-state index contributed by atoms with van der Waals surface area (Å²) in [5.41, 5.74) is 4.53. The van der Waals surface area contributed by atoms with Crippen molar-refractivity contribution in [2.75, 3.05) is 7.11 Å². The van der Waals surface area contributed by atoms with Crippen molar-refractivity contribution in [2.45, 2.75) is 6.92 Å². The number of benzene rings is 3. The molecule has 0 aliphatic carbocycles. The fraction of sp³-hybridized carbons (Fsp3) is 0.125. The predicted molar refractivity (Wildman–Crippen MR) is 121 cm³/mol. The lowest BCUT2D eigenvalue weighted by molar-refractivity contribution is -0.384. The Morgan fingerprint density at radius 3 is 2.58 bits per heavy atom. The van der Waals surface area contributed by atoms with E-state index in [-0.39, 0.29) is 11.4 Å². The van der Waals surface area contributed by atoms with Crippen LogP contribution in [-0.4, -0.2) is 26.7 Å². The highest BCUT2D eigenvalue weighted by molar-refractivity contribution is 6.16. The average molecular weight is 413 g/mol. The molecule has 0 spiro atoms. The first-order chi connectivity index (χ1) is 14.9. The van der Waals surface area contributed by atoms with Crippen molar-refractivity contribution < 1.29 is 14.8 Å². The van der Waals surface area contributed by atoms with E-state index in [1.54, 1.807) is 24.4 Å². The van der Waals surface area contributed by atoms with Crippen molar-refractivity contribution in [1.82, 2.24) is 9.55 Å². The summed E-state index contributed by atoms with van der Waals surface area (Å²) >= 11 is 0. The summed E-state index contributed by atoms with van der Waals surface area (Å²) in [6, 6.07) is 14.0. The molecule has 0 amide bonds. The van der Waals surface area contributed by atoms with E-state index in [0.29, 0.717) is 17.0 Å². The number of nitro groups is 1. The van der Waals surface area contributed by atoms with Crippen molar-refractivity contribution in [3.05, 3.63) is 70.4 Å². The third kappa shape index (κ3) is 2.70. The Morgan fingerprint density at radius 1 is 1.03 bits per heavy atom. The zero-order chi connectivity index (χ0) is 21.9. The molecule has 0 aliphatic heterocycles. The van der Waals surface area contributed by atoms with Crippen LogP contribution in [-0.2, 0) is 7.05 Å². The molecule has 0 saturated carbocycles. The normalized spacial score (nSPS) is 11.5. The minimum absolute atomic E-state index is 0.0380. The van der Waals surface area contributed by atoms with Crippen LogP contribution in [0.5, 0.6) is 11.5 Å². The maximum atomic E-state index is 11.2. The first kappa shape index (κ1) is 18.9. The summed E-state index contributed by atoms with van der Waals surface area (Å²) in [4.78, 5) is 15.3. The number of nitrogens with zero attached hydrogens (tertiary/aromatic N) is 3. The topological polar surface area (TPSA) is 90.4 Å². The standard InChI is InChI=1S/C24H19N3O4/c1-13-16-8-9-25-23(17-6-4-14(27(29)30)10-22(17)31-3)19(16)12-20-18-11-15(28)5-7-21(18)26(2)24(13)20/h4-12,28H,1-3H3. The number of rotatable bonds is 3. The molecule has 7 heteroatoms. The molecule has 0 fully saturated rings. The number of methoxy groups -OCH3 is 1. The molecule has 0 radical (unpaired) electrons. The number of phenols is 1. The molecule has 0 atom stereocenters. The Morgan fingerprint density at radius 2 is 1.84 bits per heavy atom. The highest BCUT2D eigenvalue weighted by Gasteiger charge is 2.19. The highest BCUT2D eigenvalue weighted by atomic mass is 16.6. The van der Waals surface area contributed by atoms with Gasteiger partial charge in [-0.3, -0.25) is 15.1 Å². The third-order valence-electron chi connectivity index (χ3n) is 5.91. The van der Waals surface area contributed by atoms with Gasteiger partial charge in [0.1, 0.15) is 11.5 Å². The first-order valence-electron chi connectivity index (χ1n) is 9.73. The summed E-state index contributed by atoms with van der Waals surface area (Å²) in [6.07, 6.45) is 1.74. The zero-order valence-electron chi connectivity index (χ0n) is 17.2. The molecular formula is C24H19N3O4. The number of nitro benzene ring substituents is 1. The number of aromatic nitrogens is 2. The van der Waals surface area contributed by atoms with Gasteiger partial charge in [-0.25, -0.2) is 0 Å². The summed E-state index contributed by atoms with van der Waals surface area (Å²) < 4.78 is 7.60. The molecule has 5 aromatic rings. The molecule has 1 N–H and O–H groups in total. The molecule has 0 bridgehead atoms. The van der Waals surface area contributed by atoms with Crippen molar-refractivity contribution in [3.63, 3.8) is 0 Å². The number of ether oxygens (including phenoxy) is 1. The number of aryl methyl sites for hydroxylation is 2. The van der Waals surface area contributed by atoms with Gasteiger partial charge in [-0.2, -0.15) is 0 Å². The Kier molecular flexibility index (Phi) is 4.08. The van der Waals surface area contributed by atoms with Gasteiger partial charge in [-0.1, -0.05) is 0 Å².